The molecule has 4 nitrogen and oxygen atoms in total. The van der Waals surface area contributed by atoms with Gasteiger partial charge in [0, 0.05) is 22.8 Å². The fourth-order valence-electron chi connectivity index (χ4n) is 1.85. The fraction of sp³-hybridized carbons (Fsp3) is 0.188. The van der Waals surface area contributed by atoms with E-state index >= 15 is 0 Å². The van der Waals surface area contributed by atoms with E-state index in [9.17, 15) is 4.79 Å². The van der Waals surface area contributed by atoms with Crippen LogP contribution in [0.15, 0.2) is 42.5 Å². The van der Waals surface area contributed by atoms with E-state index in [4.69, 9.17) is 22.1 Å². The van der Waals surface area contributed by atoms with Crippen molar-refractivity contribution in [1.82, 2.24) is 0 Å². The number of halogens is 1. The summed E-state index contributed by atoms with van der Waals surface area (Å²) in [4.78, 5) is 11.9. The summed E-state index contributed by atoms with van der Waals surface area (Å²) in [5.41, 5.74) is 8.20. The first-order valence-corrected chi connectivity index (χ1v) is 6.94. The number of nitrogens with two attached hydrogens (primary N) is 1. The van der Waals surface area contributed by atoms with E-state index in [2.05, 4.69) is 5.32 Å². The maximum atomic E-state index is 11.9. The molecule has 0 atom stereocenters. The first-order valence-electron chi connectivity index (χ1n) is 6.57. The van der Waals surface area contributed by atoms with Gasteiger partial charge in [0.25, 0.3) is 5.91 Å². The number of nitrogens with one attached hydrogen (secondary N) is 1. The monoisotopic (exact) mass is 304 g/mol. The van der Waals surface area contributed by atoms with Crippen molar-refractivity contribution in [3.8, 4) is 5.75 Å². The molecule has 5 heteroatoms. The third-order valence-electron chi connectivity index (χ3n) is 2.97. The number of ether oxygens (including phenoxy) is 1. The van der Waals surface area contributed by atoms with Crippen molar-refractivity contribution in [2.24, 2.45) is 5.73 Å². The number of carbonyl (C=O) groups is 1. The van der Waals surface area contributed by atoms with Crippen LogP contribution >= 0.6 is 11.6 Å². The van der Waals surface area contributed by atoms with Crippen LogP contribution in [-0.4, -0.2) is 12.5 Å². The largest absolute Gasteiger partial charge is 0.483 e. The Balaban J connectivity index is 1.95. The van der Waals surface area contributed by atoms with Crippen LogP contribution in [0.25, 0.3) is 0 Å². The molecule has 0 radical (unpaired) electrons. The summed E-state index contributed by atoms with van der Waals surface area (Å²) in [6.07, 6.45) is 0. The quantitative estimate of drug-likeness (QED) is 0.892. The highest BCUT2D eigenvalue weighted by atomic mass is 35.5. The van der Waals surface area contributed by atoms with Gasteiger partial charge in [0.2, 0.25) is 0 Å². The van der Waals surface area contributed by atoms with Crippen molar-refractivity contribution >= 4 is 23.2 Å². The van der Waals surface area contributed by atoms with Crippen LogP contribution in [0.1, 0.15) is 11.1 Å². The number of rotatable bonds is 5. The molecule has 2 rings (SSSR count). The average Bonchev–Trinajstić information content (AvgIpc) is 2.47. The van der Waals surface area contributed by atoms with Crippen LogP contribution in [0, 0.1) is 6.92 Å². The fourth-order valence-corrected chi connectivity index (χ4v) is 2.09. The zero-order valence-electron chi connectivity index (χ0n) is 11.7. The molecular weight excluding hydrogens is 288 g/mol. The predicted octanol–water partition coefficient (Wildman–Crippen LogP) is 3.12. The highest BCUT2D eigenvalue weighted by Gasteiger charge is 2.09. The van der Waals surface area contributed by atoms with Crippen molar-refractivity contribution in [1.29, 1.82) is 0 Å². The van der Waals surface area contributed by atoms with Crippen LogP contribution in [-0.2, 0) is 11.3 Å². The standard InChI is InChI=1S/C16H17ClN2O2/c1-11-5-7-12(8-6-11)19-16(20)10-21-15-4-2-3-14(17)13(15)9-18/h2-8H,9-10,18H2,1H3,(H,19,20). The van der Waals surface area contributed by atoms with Crippen molar-refractivity contribution in [2.45, 2.75) is 13.5 Å². The molecule has 3 N–H and O–H groups in total. The predicted molar refractivity (Wildman–Crippen MR) is 84.6 cm³/mol. The van der Waals surface area contributed by atoms with Crippen molar-refractivity contribution < 1.29 is 9.53 Å². The van der Waals surface area contributed by atoms with Gasteiger partial charge >= 0.3 is 0 Å². The van der Waals surface area contributed by atoms with Gasteiger partial charge in [0.05, 0.1) is 0 Å². The number of amides is 1. The molecule has 0 aliphatic heterocycles. The SMILES string of the molecule is Cc1ccc(NC(=O)COc2cccc(Cl)c2CN)cc1. The Hall–Kier alpha value is -2.04. The van der Waals surface area contributed by atoms with Crippen LogP contribution < -0.4 is 15.8 Å². The van der Waals surface area contributed by atoms with Gasteiger partial charge in [-0.2, -0.15) is 0 Å². The Morgan fingerprint density at radius 3 is 2.62 bits per heavy atom. The van der Waals surface area contributed by atoms with E-state index < -0.39 is 0 Å². The molecule has 0 spiro atoms. The van der Waals surface area contributed by atoms with E-state index in [1.165, 1.54) is 0 Å². The third-order valence-corrected chi connectivity index (χ3v) is 3.33. The van der Waals surface area contributed by atoms with Gasteiger partial charge < -0.3 is 15.8 Å². The summed E-state index contributed by atoms with van der Waals surface area (Å²) in [6.45, 7) is 2.15. The number of benzene rings is 2. The molecule has 0 unspecified atom stereocenters. The number of hydrogen-bond donors (Lipinski definition) is 2. The Bertz CT molecular complexity index is 627. The highest BCUT2D eigenvalue weighted by molar-refractivity contribution is 6.31. The first kappa shape index (κ1) is 15.4. The van der Waals surface area contributed by atoms with Crippen molar-refractivity contribution in [2.75, 3.05) is 11.9 Å². The second-order valence-corrected chi connectivity index (χ2v) is 5.03. The van der Waals surface area contributed by atoms with Gasteiger partial charge in [-0.3, -0.25) is 4.79 Å². The molecule has 0 fully saturated rings. The van der Waals surface area contributed by atoms with Crippen LogP contribution in [0.5, 0.6) is 5.75 Å². The smallest absolute Gasteiger partial charge is 0.262 e. The minimum Gasteiger partial charge on any atom is -0.483 e. The van der Waals surface area contributed by atoms with Crippen LogP contribution in [0.4, 0.5) is 5.69 Å². The number of hydrogen-bond acceptors (Lipinski definition) is 3. The van der Waals surface area contributed by atoms with E-state index in [0.717, 1.165) is 11.3 Å². The maximum Gasteiger partial charge on any atom is 0.262 e. The lowest BCUT2D eigenvalue weighted by molar-refractivity contribution is -0.118. The molecular formula is C16H17ClN2O2. The molecule has 0 heterocycles. The number of carbonyl (C=O) groups excluding carboxylic acids is 1. The molecule has 2 aromatic carbocycles. The Kier molecular flexibility index (Phi) is 5.20. The molecule has 0 saturated heterocycles. The molecule has 21 heavy (non-hydrogen) atoms. The van der Waals surface area contributed by atoms with Crippen LogP contribution in [0.3, 0.4) is 0 Å². The number of aryl methyl sites for hydroxylation is 1. The second kappa shape index (κ2) is 7.11. The normalized spacial score (nSPS) is 10.2. The molecule has 0 aliphatic carbocycles. The lowest BCUT2D eigenvalue weighted by Crippen LogP contribution is -2.20. The molecule has 1 amide bonds. The van der Waals surface area contributed by atoms with Gasteiger partial charge in [0.1, 0.15) is 5.75 Å². The van der Waals surface area contributed by atoms with Crippen LogP contribution in [0.2, 0.25) is 5.02 Å². The maximum absolute atomic E-state index is 11.9. The molecule has 2 aromatic rings. The van der Waals surface area contributed by atoms with Crippen molar-refractivity contribution in [3.63, 3.8) is 0 Å². The zero-order valence-corrected chi connectivity index (χ0v) is 12.5. The lowest BCUT2D eigenvalue weighted by atomic mass is 10.2. The summed E-state index contributed by atoms with van der Waals surface area (Å²) in [7, 11) is 0. The minimum absolute atomic E-state index is 0.0960. The van der Waals surface area contributed by atoms with E-state index in [1.807, 2.05) is 31.2 Å². The number of anilines is 1. The molecule has 0 saturated carbocycles. The molecule has 0 bridgehead atoms. The summed E-state index contributed by atoms with van der Waals surface area (Å²) in [5, 5.41) is 3.30. The van der Waals surface area contributed by atoms with E-state index in [-0.39, 0.29) is 19.1 Å². The minimum atomic E-state index is -0.234. The first-order chi connectivity index (χ1) is 10.1. The third kappa shape index (κ3) is 4.21. The average molecular weight is 305 g/mol. The van der Waals surface area contributed by atoms with Gasteiger partial charge in [-0.25, -0.2) is 0 Å². The summed E-state index contributed by atoms with van der Waals surface area (Å²) in [5.74, 6) is 0.297. The van der Waals surface area contributed by atoms with Gasteiger partial charge in [0.15, 0.2) is 6.61 Å². The highest BCUT2D eigenvalue weighted by Crippen LogP contribution is 2.25. The Morgan fingerprint density at radius 1 is 1.24 bits per heavy atom. The Morgan fingerprint density at radius 2 is 1.95 bits per heavy atom. The van der Waals surface area contributed by atoms with Gasteiger partial charge in [-0.05, 0) is 31.2 Å². The summed E-state index contributed by atoms with van der Waals surface area (Å²) < 4.78 is 5.49. The zero-order chi connectivity index (χ0) is 15.2. The van der Waals surface area contributed by atoms with E-state index in [0.29, 0.717) is 16.3 Å². The van der Waals surface area contributed by atoms with Gasteiger partial charge in [-0.1, -0.05) is 35.4 Å². The molecule has 0 aliphatic rings. The topological polar surface area (TPSA) is 64.3 Å². The van der Waals surface area contributed by atoms with Gasteiger partial charge in [-0.15, -0.1) is 0 Å². The summed E-state index contributed by atoms with van der Waals surface area (Å²) >= 11 is 6.03. The molecule has 110 valence electrons. The molecule has 0 aromatic heterocycles. The lowest BCUT2D eigenvalue weighted by Gasteiger charge is -2.11. The Labute approximate surface area is 128 Å². The van der Waals surface area contributed by atoms with Crippen molar-refractivity contribution in [3.05, 3.63) is 58.6 Å². The summed E-state index contributed by atoms with van der Waals surface area (Å²) in [6, 6.07) is 12.8. The second-order valence-electron chi connectivity index (χ2n) is 4.62. The van der Waals surface area contributed by atoms with E-state index in [1.54, 1.807) is 18.2 Å².